The van der Waals surface area contributed by atoms with Crippen molar-refractivity contribution >= 4 is 5.91 Å². The number of carbonyl (C=O) groups excluding carboxylic acids is 1. The lowest BCUT2D eigenvalue weighted by molar-refractivity contribution is -0.910. The third-order valence-corrected chi connectivity index (χ3v) is 5.28. The Morgan fingerprint density at radius 3 is 2.03 bits per heavy atom. The molecule has 0 saturated carbocycles. The fraction of sp³-hybridized carbons (Fsp3) is 0.941. The first-order chi connectivity index (χ1) is 13.4. The molecule has 0 bridgehead atoms. The highest BCUT2D eigenvalue weighted by Gasteiger charge is 2.54. The number of likely N-dealkylation sites (N-methyl/N-ethyl adjacent to an activating group) is 1. The van der Waals surface area contributed by atoms with Crippen LogP contribution in [-0.4, -0.2) is 137 Å². The predicted molar refractivity (Wildman–Crippen MR) is 96.0 cm³/mol. The number of hydrogen-bond acceptors (Lipinski definition) is 10. The van der Waals surface area contributed by atoms with Gasteiger partial charge in [-0.1, -0.05) is 0 Å². The molecule has 2 aliphatic rings. The molecule has 0 radical (unpaired) electrons. The molecule has 2 aliphatic heterocycles. The molecule has 2 rings (SSSR count). The summed E-state index contributed by atoms with van der Waals surface area (Å²) < 4.78 is 16.9. The maximum Gasteiger partial charge on any atom is 0.217 e. The predicted octanol–water partition coefficient (Wildman–Crippen LogP) is -4.54. The minimum Gasteiger partial charge on any atom is -0.394 e. The first-order valence-corrected chi connectivity index (χ1v) is 9.41. The zero-order valence-corrected chi connectivity index (χ0v) is 17.0. The molecule has 2 heterocycles. The van der Waals surface area contributed by atoms with Gasteiger partial charge in [-0.2, -0.15) is 0 Å². The summed E-state index contributed by atoms with van der Waals surface area (Å²) in [6.07, 6.45) is -10.5. The molecule has 2 saturated heterocycles. The van der Waals surface area contributed by atoms with E-state index in [1.54, 1.807) is 21.1 Å². The van der Waals surface area contributed by atoms with Crippen LogP contribution in [0.4, 0.5) is 0 Å². The highest BCUT2D eigenvalue weighted by molar-refractivity contribution is 5.73. The second-order valence-electron chi connectivity index (χ2n) is 8.38. The average molecular weight is 425 g/mol. The van der Waals surface area contributed by atoms with Gasteiger partial charge in [0.05, 0.1) is 34.4 Å². The maximum absolute atomic E-state index is 11.4. The van der Waals surface area contributed by atoms with Crippen molar-refractivity contribution in [1.82, 2.24) is 5.32 Å². The van der Waals surface area contributed by atoms with E-state index < -0.39 is 80.4 Å². The molecule has 29 heavy (non-hydrogen) atoms. The number of quaternary nitrogens is 1. The van der Waals surface area contributed by atoms with E-state index in [-0.39, 0.29) is 4.48 Å². The molecule has 1 amide bonds. The summed E-state index contributed by atoms with van der Waals surface area (Å²) in [5, 5.41) is 63.0. The highest BCUT2D eigenvalue weighted by Crippen LogP contribution is 2.31. The summed E-state index contributed by atoms with van der Waals surface area (Å²) in [6.45, 7) is 0.0126. The lowest BCUT2D eigenvalue weighted by Gasteiger charge is -2.50. The van der Waals surface area contributed by atoms with Crippen LogP contribution in [0, 0.1) is 0 Å². The normalized spacial score (nSPS) is 43.8. The van der Waals surface area contributed by atoms with Crippen molar-refractivity contribution in [2.75, 3.05) is 34.4 Å². The van der Waals surface area contributed by atoms with E-state index in [0.717, 1.165) is 0 Å². The summed E-state index contributed by atoms with van der Waals surface area (Å²) in [4.78, 5) is 11.4. The molecule has 10 atom stereocenters. The molecule has 12 nitrogen and oxygen atoms in total. The SMILES string of the molecule is CC(=O)N[C@H]1C(O)O[C@H](CO)[C@@H](O[C@@H]2O[C@H](CO)[C@@H](O)[C@H](O)[C@H]2[N+](C)(C)C)[C@@H]1O. The van der Waals surface area contributed by atoms with Crippen LogP contribution in [-0.2, 0) is 19.0 Å². The molecule has 1 unspecified atom stereocenters. The third-order valence-electron chi connectivity index (χ3n) is 5.28. The molecule has 0 aromatic heterocycles. The van der Waals surface area contributed by atoms with E-state index in [2.05, 4.69) is 5.32 Å². The van der Waals surface area contributed by atoms with E-state index in [1.807, 2.05) is 0 Å². The molecule has 0 aliphatic carbocycles. The average Bonchev–Trinajstić information content (AvgIpc) is 2.62. The number of ether oxygens (including phenoxy) is 3. The van der Waals surface area contributed by atoms with E-state index >= 15 is 0 Å². The Morgan fingerprint density at radius 1 is 0.966 bits per heavy atom. The number of aliphatic hydroxyl groups is 6. The van der Waals surface area contributed by atoms with Crippen molar-refractivity contribution in [1.29, 1.82) is 0 Å². The van der Waals surface area contributed by atoms with Gasteiger partial charge in [0.15, 0.2) is 12.3 Å². The Hall–Kier alpha value is -0.930. The van der Waals surface area contributed by atoms with Gasteiger partial charge in [-0.15, -0.1) is 0 Å². The standard InChI is InChI=1S/C17H32N2O10/c1-7(22)18-10-13(24)15(9(6-21)27-16(10)26)29-17-11(19(2,3)4)14(25)12(23)8(5-20)28-17/h8-17,20-21,23-26H,5-6H2,1-4H3/p+1/t8-,9-,10-,11-,12-,13-,14-,15-,16?,17+/m1/s1. The van der Waals surface area contributed by atoms with Gasteiger partial charge in [0.1, 0.15) is 42.7 Å². The Bertz CT molecular complexity index is 559. The smallest absolute Gasteiger partial charge is 0.217 e. The van der Waals surface area contributed by atoms with E-state index in [4.69, 9.17) is 14.2 Å². The van der Waals surface area contributed by atoms with Crippen LogP contribution in [0.1, 0.15) is 6.92 Å². The quantitative estimate of drug-likeness (QED) is 0.205. The molecule has 2 fully saturated rings. The first kappa shape index (κ1) is 24.3. The fourth-order valence-electron chi connectivity index (χ4n) is 3.80. The van der Waals surface area contributed by atoms with Gasteiger partial charge >= 0.3 is 0 Å². The van der Waals surface area contributed by atoms with Crippen LogP contribution in [0.2, 0.25) is 0 Å². The Labute approximate surface area is 168 Å². The van der Waals surface area contributed by atoms with Crippen LogP contribution in [0.15, 0.2) is 0 Å². The molecule has 0 aromatic carbocycles. The van der Waals surface area contributed by atoms with Gasteiger partial charge in [-0.05, 0) is 0 Å². The monoisotopic (exact) mass is 425 g/mol. The van der Waals surface area contributed by atoms with Gasteiger partial charge in [0, 0.05) is 6.92 Å². The summed E-state index contributed by atoms with van der Waals surface area (Å²) in [6, 6.07) is -2.05. The fourth-order valence-corrected chi connectivity index (χ4v) is 3.80. The van der Waals surface area contributed by atoms with Crippen molar-refractivity contribution in [2.24, 2.45) is 0 Å². The minimum absolute atomic E-state index is 0.103. The third kappa shape index (κ3) is 5.22. The summed E-state index contributed by atoms with van der Waals surface area (Å²) in [5.74, 6) is -0.519. The van der Waals surface area contributed by atoms with Gasteiger partial charge < -0.3 is 54.6 Å². The van der Waals surface area contributed by atoms with Crippen molar-refractivity contribution in [3.63, 3.8) is 0 Å². The van der Waals surface area contributed by atoms with Crippen LogP contribution in [0.3, 0.4) is 0 Å². The molecular formula is C17H33N2O10+. The minimum atomic E-state index is -1.58. The van der Waals surface area contributed by atoms with Crippen LogP contribution in [0.25, 0.3) is 0 Å². The van der Waals surface area contributed by atoms with Crippen molar-refractivity contribution in [3.05, 3.63) is 0 Å². The summed E-state index contributed by atoms with van der Waals surface area (Å²) >= 11 is 0. The molecule has 0 aromatic rings. The highest BCUT2D eigenvalue weighted by atomic mass is 16.7. The Morgan fingerprint density at radius 2 is 1.55 bits per heavy atom. The van der Waals surface area contributed by atoms with Crippen LogP contribution >= 0.6 is 0 Å². The van der Waals surface area contributed by atoms with Crippen molar-refractivity contribution < 1.29 is 54.1 Å². The van der Waals surface area contributed by atoms with Gasteiger partial charge in [0.2, 0.25) is 12.2 Å². The molecule has 7 N–H and O–H groups in total. The van der Waals surface area contributed by atoms with Crippen LogP contribution < -0.4 is 5.32 Å². The number of hydrogen-bond donors (Lipinski definition) is 7. The van der Waals surface area contributed by atoms with Gasteiger partial charge in [-0.25, -0.2) is 0 Å². The summed E-state index contributed by atoms with van der Waals surface area (Å²) in [5.41, 5.74) is 0. The molecule has 12 heteroatoms. The second-order valence-corrected chi connectivity index (χ2v) is 8.38. The van der Waals surface area contributed by atoms with E-state index in [0.29, 0.717) is 0 Å². The molecule has 170 valence electrons. The van der Waals surface area contributed by atoms with E-state index in [1.165, 1.54) is 6.92 Å². The number of rotatable bonds is 6. The topological polar surface area (TPSA) is 178 Å². The number of carbonyl (C=O) groups is 1. The zero-order chi connectivity index (χ0) is 22.1. The molecule has 0 spiro atoms. The zero-order valence-electron chi connectivity index (χ0n) is 17.0. The summed E-state index contributed by atoms with van der Waals surface area (Å²) in [7, 11) is 5.21. The Balaban J connectivity index is 2.31. The van der Waals surface area contributed by atoms with Crippen molar-refractivity contribution in [2.45, 2.75) is 68.2 Å². The number of nitrogens with zero attached hydrogens (tertiary/aromatic N) is 1. The number of aliphatic hydroxyl groups excluding tert-OH is 6. The van der Waals surface area contributed by atoms with Gasteiger partial charge in [-0.3, -0.25) is 4.79 Å². The number of amides is 1. The first-order valence-electron chi connectivity index (χ1n) is 9.41. The van der Waals surface area contributed by atoms with Crippen LogP contribution in [0.5, 0.6) is 0 Å². The lowest BCUT2D eigenvalue weighted by Crippen LogP contribution is -2.71. The Kier molecular flexibility index (Phi) is 7.95. The second kappa shape index (κ2) is 9.47. The molecular weight excluding hydrogens is 392 g/mol. The maximum atomic E-state index is 11.4. The lowest BCUT2D eigenvalue weighted by atomic mass is 9.93. The van der Waals surface area contributed by atoms with Gasteiger partial charge in [0.25, 0.3) is 0 Å². The van der Waals surface area contributed by atoms with E-state index in [9.17, 15) is 35.4 Å². The van der Waals surface area contributed by atoms with Crippen molar-refractivity contribution in [3.8, 4) is 0 Å². The largest absolute Gasteiger partial charge is 0.394 e. The number of nitrogens with one attached hydrogen (secondary N) is 1.